The highest BCUT2D eigenvalue weighted by atomic mass is 19.4. The number of nitrogen functional groups attached to an aromatic ring is 1. The summed E-state index contributed by atoms with van der Waals surface area (Å²) in [4.78, 5) is 2.00. The lowest BCUT2D eigenvalue weighted by Gasteiger charge is -2.32. The number of halogens is 3. The molecule has 2 aromatic carbocycles. The van der Waals surface area contributed by atoms with Crippen LogP contribution in [0.5, 0.6) is 5.75 Å². The molecule has 0 saturated heterocycles. The average Bonchev–Trinajstić information content (AvgIpc) is 2.53. The Hall–Kier alpha value is -2.37. The van der Waals surface area contributed by atoms with Crippen molar-refractivity contribution in [3.05, 3.63) is 53.1 Å². The van der Waals surface area contributed by atoms with Crippen molar-refractivity contribution >= 4 is 11.4 Å². The number of ether oxygens (including phenoxy) is 1. The minimum atomic E-state index is -4.38. The third-order valence-electron chi connectivity index (χ3n) is 4.12. The van der Waals surface area contributed by atoms with Crippen LogP contribution in [0.4, 0.5) is 24.5 Å². The van der Waals surface area contributed by atoms with Gasteiger partial charge in [-0.3, -0.25) is 0 Å². The van der Waals surface area contributed by atoms with E-state index in [0.717, 1.165) is 29.9 Å². The van der Waals surface area contributed by atoms with E-state index in [2.05, 4.69) is 0 Å². The molecule has 0 bridgehead atoms. The largest absolute Gasteiger partial charge is 0.497 e. The van der Waals surface area contributed by atoms with Gasteiger partial charge < -0.3 is 15.4 Å². The minimum absolute atomic E-state index is 0.150. The van der Waals surface area contributed by atoms with Crippen LogP contribution >= 0.6 is 0 Å². The number of fused-ring (bicyclic) bond motifs is 1. The van der Waals surface area contributed by atoms with Gasteiger partial charge in [0, 0.05) is 13.1 Å². The second kappa shape index (κ2) is 5.68. The summed E-state index contributed by atoms with van der Waals surface area (Å²) >= 11 is 0. The number of nitrogens with zero attached hydrogens (tertiary/aromatic N) is 1. The van der Waals surface area contributed by atoms with Gasteiger partial charge in [0.15, 0.2) is 0 Å². The Bertz CT molecular complexity index is 728. The number of methoxy groups -OCH3 is 1. The van der Waals surface area contributed by atoms with Crippen molar-refractivity contribution in [2.45, 2.75) is 19.1 Å². The number of anilines is 2. The van der Waals surface area contributed by atoms with Crippen molar-refractivity contribution in [2.75, 3.05) is 24.3 Å². The molecule has 1 heterocycles. The van der Waals surface area contributed by atoms with E-state index in [4.69, 9.17) is 10.5 Å². The van der Waals surface area contributed by atoms with Crippen molar-refractivity contribution < 1.29 is 17.9 Å². The maximum absolute atomic E-state index is 12.7. The van der Waals surface area contributed by atoms with Crippen LogP contribution in [0, 0.1) is 0 Å². The molecular formula is C17H17F3N2O. The fourth-order valence-corrected chi connectivity index (χ4v) is 2.88. The average molecular weight is 322 g/mol. The molecule has 3 nitrogen and oxygen atoms in total. The number of rotatable bonds is 2. The molecule has 122 valence electrons. The van der Waals surface area contributed by atoms with Crippen molar-refractivity contribution in [3.63, 3.8) is 0 Å². The van der Waals surface area contributed by atoms with Crippen LogP contribution in [0.1, 0.15) is 16.7 Å². The number of nitrogens with two attached hydrogens (primary N) is 1. The lowest BCUT2D eigenvalue weighted by molar-refractivity contribution is -0.137. The second-order valence-corrected chi connectivity index (χ2v) is 5.58. The Balaban J connectivity index is 1.86. The molecule has 0 aliphatic carbocycles. The van der Waals surface area contributed by atoms with E-state index < -0.39 is 11.7 Å². The van der Waals surface area contributed by atoms with E-state index >= 15 is 0 Å². The topological polar surface area (TPSA) is 38.5 Å². The lowest BCUT2D eigenvalue weighted by Crippen LogP contribution is -2.31. The minimum Gasteiger partial charge on any atom is -0.497 e. The molecule has 23 heavy (non-hydrogen) atoms. The molecule has 3 rings (SSSR count). The second-order valence-electron chi connectivity index (χ2n) is 5.58. The van der Waals surface area contributed by atoms with E-state index in [1.165, 1.54) is 11.6 Å². The zero-order valence-corrected chi connectivity index (χ0v) is 12.7. The Labute approximate surface area is 132 Å². The number of alkyl halides is 3. The van der Waals surface area contributed by atoms with E-state index in [-0.39, 0.29) is 5.69 Å². The molecule has 0 atom stereocenters. The van der Waals surface area contributed by atoms with Crippen LogP contribution in [-0.2, 0) is 19.1 Å². The molecule has 2 N–H and O–H groups in total. The highest BCUT2D eigenvalue weighted by Crippen LogP contribution is 2.36. The molecule has 0 spiro atoms. The Morgan fingerprint density at radius 3 is 2.52 bits per heavy atom. The number of hydrogen-bond donors (Lipinski definition) is 1. The van der Waals surface area contributed by atoms with Gasteiger partial charge in [0.05, 0.1) is 24.0 Å². The Morgan fingerprint density at radius 2 is 1.87 bits per heavy atom. The van der Waals surface area contributed by atoms with Crippen molar-refractivity contribution in [1.82, 2.24) is 0 Å². The van der Waals surface area contributed by atoms with Gasteiger partial charge in [-0.2, -0.15) is 13.2 Å². The van der Waals surface area contributed by atoms with E-state index in [0.29, 0.717) is 18.8 Å². The molecule has 2 aromatic rings. The summed E-state index contributed by atoms with van der Waals surface area (Å²) in [6.07, 6.45) is -3.58. The Morgan fingerprint density at radius 1 is 1.09 bits per heavy atom. The molecule has 1 aliphatic rings. The van der Waals surface area contributed by atoms with Gasteiger partial charge in [-0.1, -0.05) is 6.07 Å². The predicted molar refractivity (Wildman–Crippen MR) is 83.6 cm³/mol. The Kier molecular flexibility index (Phi) is 3.83. The zero-order chi connectivity index (χ0) is 16.6. The summed E-state index contributed by atoms with van der Waals surface area (Å²) in [6.45, 7) is 1.32. The van der Waals surface area contributed by atoms with Crippen molar-refractivity contribution in [1.29, 1.82) is 0 Å². The summed E-state index contributed by atoms with van der Waals surface area (Å²) in [5.74, 6) is 0.811. The third kappa shape index (κ3) is 3.06. The van der Waals surface area contributed by atoms with Gasteiger partial charge >= 0.3 is 6.18 Å². The van der Waals surface area contributed by atoms with E-state index in [1.807, 2.05) is 23.1 Å². The van der Waals surface area contributed by atoms with Gasteiger partial charge in [0.1, 0.15) is 5.75 Å². The molecule has 0 saturated carbocycles. The summed E-state index contributed by atoms with van der Waals surface area (Å²) in [5.41, 5.74) is 8.26. The maximum Gasteiger partial charge on any atom is 0.416 e. The number of benzene rings is 2. The van der Waals surface area contributed by atoms with Gasteiger partial charge in [0.25, 0.3) is 0 Å². The first-order valence-electron chi connectivity index (χ1n) is 7.26. The van der Waals surface area contributed by atoms with Crippen LogP contribution in [-0.4, -0.2) is 13.7 Å². The predicted octanol–water partition coefficient (Wildman–Crippen LogP) is 3.86. The lowest BCUT2D eigenvalue weighted by atomic mass is 9.98. The molecular weight excluding hydrogens is 305 g/mol. The SMILES string of the molecule is COc1ccc2c(c1)CCN(c1ccc(C(F)(F)F)cc1N)C2. The standard InChI is InChI=1S/C17H17F3N2O/c1-23-14-4-2-12-10-22(7-6-11(12)8-14)16-5-3-13(9-15(16)21)17(18,19)20/h2-5,8-9H,6-7,10,21H2,1H3. The van der Waals surface area contributed by atoms with Crippen LogP contribution in [0.25, 0.3) is 0 Å². The highest BCUT2D eigenvalue weighted by Gasteiger charge is 2.31. The molecule has 0 fully saturated rings. The monoisotopic (exact) mass is 322 g/mol. The van der Waals surface area contributed by atoms with Gasteiger partial charge in [-0.25, -0.2) is 0 Å². The van der Waals surface area contributed by atoms with Crippen molar-refractivity contribution in [3.8, 4) is 5.75 Å². The van der Waals surface area contributed by atoms with Gasteiger partial charge in [-0.05, 0) is 47.9 Å². The fourth-order valence-electron chi connectivity index (χ4n) is 2.88. The first-order valence-corrected chi connectivity index (χ1v) is 7.26. The quantitative estimate of drug-likeness (QED) is 0.853. The van der Waals surface area contributed by atoms with Crippen LogP contribution in [0.15, 0.2) is 36.4 Å². The smallest absolute Gasteiger partial charge is 0.416 e. The first-order chi connectivity index (χ1) is 10.9. The molecule has 0 unspecified atom stereocenters. The third-order valence-corrected chi connectivity index (χ3v) is 4.12. The first kappa shape index (κ1) is 15.5. The summed E-state index contributed by atoms with van der Waals surface area (Å²) in [5, 5.41) is 0. The van der Waals surface area contributed by atoms with Gasteiger partial charge in [0.2, 0.25) is 0 Å². The summed E-state index contributed by atoms with van der Waals surface area (Å²) in [7, 11) is 1.62. The van der Waals surface area contributed by atoms with Crippen LogP contribution < -0.4 is 15.4 Å². The van der Waals surface area contributed by atoms with E-state index in [9.17, 15) is 13.2 Å². The molecule has 1 aliphatic heterocycles. The van der Waals surface area contributed by atoms with Crippen LogP contribution in [0.3, 0.4) is 0 Å². The zero-order valence-electron chi connectivity index (χ0n) is 12.7. The highest BCUT2D eigenvalue weighted by molar-refractivity contribution is 5.69. The summed E-state index contributed by atoms with van der Waals surface area (Å²) < 4.78 is 43.4. The van der Waals surface area contributed by atoms with E-state index in [1.54, 1.807) is 7.11 Å². The normalized spacial score (nSPS) is 14.5. The molecule has 0 aromatic heterocycles. The molecule has 6 heteroatoms. The molecule has 0 amide bonds. The molecule has 0 radical (unpaired) electrons. The van der Waals surface area contributed by atoms with Crippen LogP contribution in [0.2, 0.25) is 0 Å². The van der Waals surface area contributed by atoms with Crippen molar-refractivity contribution in [2.24, 2.45) is 0 Å². The maximum atomic E-state index is 12.7. The fraction of sp³-hybridized carbons (Fsp3) is 0.294. The van der Waals surface area contributed by atoms with Gasteiger partial charge in [-0.15, -0.1) is 0 Å². The summed E-state index contributed by atoms with van der Waals surface area (Å²) in [6, 6.07) is 9.41. The number of hydrogen-bond acceptors (Lipinski definition) is 3.